The fourth-order valence-electron chi connectivity index (χ4n) is 1.88. The molecule has 0 unspecified atom stereocenters. The molecule has 0 fully saturated rings. The Morgan fingerprint density at radius 1 is 1.05 bits per heavy atom. The number of hydrogen-bond donors (Lipinski definition) is 1. The van der Waals surface area contributed by atoms with Gasteiger partial charge in [-0.05, 0) is 35.9 Å². The minimum absolute atomic E-state index is 0.493. The van der Waals surface area contributed by atoms with E-state index in [0.29, 0.717) is 18.2 Å². The molecule has 1 N–H and O–H groups in total. The lowest BCUT2D eigenvalue weighted by atomic mass is 10.2. The van der Waals surface area contributed by atoms with Gasteiger partial charge < -0.3 is 10.1 Å². The van der Waals surface area contributed by atoms with E-state index in [1.165, 1.54) is 0 Å². The van der Waals surface area contributed by atoms with Crippen molar-refractivity contribution >= 4 is 23.2 Å². The molecule has 2 rings (SSSR count). The smallest absolute Gasteiger partial charge is 0.124 e. The molecular weight excluding hydrogens is 305 g/mol. The predicted octanol–water partition coefficient (Wildman–Crippen LogP) is 4.85. The van der Waals surface area contributed by atoms with Crippen LogP contribution in [0.5, 0.6) is 5.75 Å². The maximum absolute atomic E-state index is 6.05. The standard InChI is InChI=1S/C17H17Cl2NO/c1-2-9-20-11-14-10-16(19)7-8-17(14)21-12-13-3-5-15(18)6-4-13/h2-8,10,20H,1,9,11-12H2. The van der Waals surface area contributed by atoms with Crippen LogP contribution in [0.15, 0.2) is 55.1 Å². The number of hydrogen-bond acceptors (Lipinski definition) is 2. The predicted molar refractivity (Wildman–Crippen MR) is 89.1 cm³/mol. The van der Waals surface area contributed by atoms with Gasteiger partial charge in [-0.1, -0.05) is 41.4 Å². The molecule has 0 radical (unpaired) electrons. The summed E-state index contributed by atoms with van der Waals surface area (Å²) in [6, 6.07) is 13.2. The van der Waals surface area contributed by atoms with Crippen LogP contribution < -0.4 is 10.1 Å². The van der Waals surface area contributed by atoms with Crippen molar-refractivity contribution in [3.8, 4) is 5.75 Å². The molecule has 0 saturated carbocycles. The van der Waals surface area contributed by atoms with Gasteiger partial charge in [0.15, 0.2) is 0 Å². The third kappa shape index (κ3) is 5.09. The Kier molecular flexibility index (Phi) is 6.12. The SMILES string of the molecule is C=CCNCc1cc(Cl)ccc1OCc1ccc(Cl)cc1. The topological polar surface area (TPSA) is 21.3 Å². The molecule has 0 aromatic heterocycles. The summed E-state index contributed by atoms with van der Waals surface area (Å²) in [5, 5.41) is 4.67. The average Bonchev–Trinajstić information content (AvgIpc) is 2.48. The van der Waals surface area contributed by atoms with Crippen LogP contribution in [0.1, 0.15) is 11.1 Å². The quantitative estimate of drug-likeness (QED) is 0.581. The highest BCUT2D eigenvalue weighted by atomic mass is 35.5. The second-order valence-corrected chi connectivity index (χ2v) is 5.46. The summed E-state index contributed by atoms with van der Waals surface area (Å²) in [7, 11) is 0. The van der Waals surface area contributed by atoms with Crippen molar-refractivity contribution in [2.75, 3.05) is 6.54 Å². The molecule has 4 heteroatoms. The highest BCUT2D eigenvalue weighted by molar-refractivity contribution is 6.30. The van der Waals surface area contributed by atoms with Crippen LogP contribution in [0.2, 0.25) is 10.0 Å². The van der Waals surface area contributed by atoms with Gasteiger partial charge in [0.25, 0.3) is 0 Å². The largest absolute Gasteiger partial charge is 0.489 e. The third-order valence-electron chi connectivity index (χ3n) is 2.93. The first-order valence-corrected chi connectivity index (χ1v) is 7.42. The van der Waals surface area contributed by atoms with Gasteiger partial charge in [0, 0.05) is 28.7 Å². The van der Waals surface area contributed by atoms with Crippen molar-refractivity contribution < 1.29 is 4.74 Å². The van der Waals surface area contributed by atoms with Gasteiger partial charge in [0.2, 0.25) is 0 Å². The maximum atomic E-state index is 6.05. The van der Waals surface area contributed by atoms with E-state index in [9.17, 15) is 0 Å². The van der Waals surface area contributed by atoms with Crippen LogP contribution in [0.25, 0.3) is 0 Å². The van der Waals surface area contributed by atoms with Gasteiger partial charge in [-0.2, -0.15) is 0 Å². The molecule has 0 bridgehead atoms. The van der Waals surface area contributed by atoms with Crippen LogP contribution in [0.4, 0.5) is 0 Å². The molecule has 2 aromatic carbocycles. The average molecular weight is 322 g/mol. The Morgan fingerprint density at radius 2 is 1.76 bits per heavy atom. The Morgan fingerprint density at radius 3 is 2.48 bits per heavy atom. The first kappa shape index (κ1) is 15.9. The highest BCUT2D eigenvalue weighted by Gasteiger charge is 2.05. The normalized spacial score (nSPS) is 10.4. The Labute approximate surface area is 135 Å². The van der Waals surface area contributed by atoms with E-state index in [4.69, 9.17) is 27.9 Å². The zero-order valence-electron chi connectivity index (χ0n) is 11.6. The number of ether oxygens (including phenoxy) is 1. The maximum Gasteiger partial charge on any atom is 0.124 e. The highest BCUT2D eigenvalue weighted by Crippen LogP contribution is 2.24. The molecule has 0 atom stereocenters. The number of rotatable bonds is 7. The molecule has 110 valence electrons. The zero-order valence-corrected chi connectivity index (χ0v) is 13.1. The summed E-state index contributed by atoms with van der Waals surface area (Å²) in [5.41, 5.74) is 2.10. The van der Waals surface area contributed by atoms with Gasteiger partial charge in [0.05, 0.1) is 0 Å². The van der Waals surface area contributed by atoms with Crippen LogP contribution >= 0.6 is 23.2 Å². The van der Waals surface area contributed by atoms with Crippen LogP contribution in [0, 0.1) is 0 Å². The van der Waals surface area contributed by atoms with E-state index in [2.05, 4.69) is 11.9 Å². The summed E-state index contributed by atoms with van der Waals surface area (Å²) < 4.78 is 5.88. The van der Waals surface area contributed by atoms with E-state index in [1.54, 1.807) is 0 Å². The summed E-state index contributed by atoms with van der Waals surface area (Å²) in [4.78, 5) is 0. The first-order chi connectivity index (χ1) is 10.2. The lowest BCUT2D eigenvalue weighted by molar-refractivity contribution is 0.302. The van der Waals surface area contributed by atoms with Crippen molar-refractivity contribution in [1.82, 2.24) is 5.32 Å². The lowest BCUT2D eigenvalue weighted by Crippen LogP contribution is -2.13. The molecule has 2 nitrogen and oxygen atoms in total. The first-order valence-electron chi connectivity index (χ1n) is 6.66. The van der Waals surface area contributed by atoms with Crippen molar-refractivity contribution in [1.29, 1.82) is 0 Å². The van der Waals surface area contributed by atoms with Crippen molar-refractivity contribution in [2.45, 2.75) is 13.2 Å². The molecule has 21 heavy (non-hydrogen) atoms. The van der Waals surface area contributed by atoms with Gasteiger partial charge in [-0.25, -0.2) is 0 Å². The van der Waals surface area contributed by atoms with Gasteiger partial charge in [-0.3, -0.25) is 0 Å². The van der Waals surface area contributed by atoms with E-state index >= 15 is 0 Å². The fraction of sp³-hybridized carbons (Fsp3) is 0.176. The summed E-state index contributed by atoms with van der Waals surface area (Å²) in [6.07, 6.45) is 1.82. The Balaban J connectivity index is 2.04. The summed E-state index contributed by atoms with van der Waals surface area (Å²) in [6.45, 7) is 5.60. The Bertz CT molecular complexity index is 596. The lowest BCUT2D eigenvalue weighted by Gasteiger charge is -2.12. The van der Waals surface area contributed by atoms with E-state index < -0.39 is 0 Å². The van der Waals surface area contributed by atoms with Crippen LogP contribution in [0.3, 0.4) is 0 Å². The van der Waals surface area contributed by atoms with E-state index in [0.717, 1.165) is 28.4 Å². The molecule has 0 aliphatic rings. The molecular formula is C17H17Cl2NO. The van der Waals surface area contributed by atoms with E-state index in [1.807, 2.05) is 48.5 Å². The zero-order chi connectivity index (χ0) is 15.1. The van der Waals surface area contributed by atoms with Gasteiger partial charge >= 0.3 is 0 Å². The molecule has 0 aliphatic heterocycles. The second kappa shape index (κ2) is 8.08. The summed E-state index contributed by atoms with van der Waals surface area (Å²) >= 11 is 11.9. The van der Waals surface area contributed by atoms with Crippen molar-refractivity contribution in [3.05, 3.63) is 76.3 Å². The van der Waals surface area contributed by atoms with Crippen molar-refractivity contribution in [3.63, 3.8) is 0 Å². The number of halogens is 2. The van der Waals surface area contributed by atoms with Gasteiger partial charge in [0.1, 0.15) is 12.4 Å². The van der Waals surface area contributed by atoms with Crippen molar-refractivity contribution in [2.24, 2.45) is 0 Å². The number of benzene rings is 2. The molecule has 2 aromatic rings. The van der Waals surface area contributed by atoms with Crippen LogP contribution in [-0.4, -0.2) is 6.54 Å². The minimum Gasteiger partial charge on any atom is -0.489 e. The second-order valence-electron chi connectivity index (χ2n) is 4.59. The monoisotopic (exact) mass is 321 g/mol. The molecule has 0 amide bonds. The number of nitrogens with one attached hydrogen (secondary N) is 1. The minimum atomic E-state index is 0.493. The molecule has 0 aliphatic carbocycles. The Hall–Kier alpha value is -1.48. The fourth-order valence-corrected chi connectivity index (χ4v) is 2.20. The molecule has 0 spiro atoms. The van der Waals surface area contributed by atoms with E-state index in [-0.39, 0.29) is 0 Å². The van der Waals surface area contributed by atoms with Crippen LogP contribution in [-0.2, 0) is 13.2 Å². The third-order valence-corrected chi connectivity index (χ3v) is 3.42. The molecule has 0 saturated heterocycles. The summed E-state index contributed by atoms with van der Waals surface area (Å²) in [5.74, 6) is 0.825. The molecule has 0 heterocycles. The van der Waals surface area contributed by atoms with Gasteiger partial charge in [-0.15, -0.1) is 6.58 Å².